The zero-order valence-electron chi connectivity index (χ0n) is 21.0. The van der Waals surface area contributed by atoms with E-state index in [1.165, 1.54) is 7.11 Å². The van der Waals surface area contributed by atoms with Gasteiger partial charge in [-0.2, -0.15) is 13.2 Å². The van der Waals surface area contributed by atoms with Crippen molar-refractivity contribution < 1.29 is 37.0 Å². The van der Waals surface area contributed by atoms with Gasteiger partial charge >= 0.3 is 18.2 Å². The van der Waals surface area contributed by atoms with Gasteiger partial charge in [0.05, 0.1) is 25.8 Å². The molecule has 37 heavy (non-hydrogen) atoms. The summed E-state index contributed by atoms with van der Waals surface area (Å²) in [7, 11) is 1.38. The Bertz CT molecular complexity index is 1120. The number of hydrogen-bond donors (Lipinski definition) is 1. The molecular formula is C27H31F3N2O5. The molecule has 2 atom stereocenters. The van der Waals surface area contributed by atoms with Gasteiger partial charge in [0.2, 0.25) is 5.60 Å². The van der Waals surface area contributed by atoms with Crippen LogP contribution < -0.4 is 15.0 Å². The normalized spacial score (nSPS) is 18.3. The number of nitrogens with zero attached hydrogens (tertiary/aromatic N) is 1. The number of esters is 1. The van der Waals surface area contributed by atoms with Crippen molar-refractivity contribution in [1.29, 1.82) is 0 Å². The number of ether oxygens (including phenoxy) is 3. The number of methoxy groups -OCH3 is 1. The molecule has 1 heterocycles. The monoisotopic (exact) mass is 520 g/mol. The molecule has 2 aliphatic rings. The van der Waals surface area contributed by atoms with Crippen LogP contribution in [0.2, 0.25) is 0 Å². The Balaban J connectivity index is 1.58. The number of carbonyl (C=O) groups excluding carboxylic acids is 2. The third-order valence-electron chi connectivity index (χ3n) is 6.81. The zero-order valence-corrected chi connectivity index (χ0v) is 21.0. The van der Waals surface area contributed by atoms with Crippen LogP contribution in [-0.2, 0) is 20.8 Å². The standard InChI is InChI=1S/C27H31F3N2O5/c1-26(2,27(28,29)30)37-25(34)31-19-11-12-22-21(13-19)32(15-17-7-5-4-6-8-17)16-23(36-22)20(18-9-10-18)14-24(33)35-3/h4-8,11-13,18,20,23H,9-10,14-16H2,1-3H3,(H,31,34)/t20?,23-/m1/s1. The molecule has 2 aromatic rings. The van der Waals surface area contributed by atoms with Crippen LogP contribution in [0.3, 0.4) is 0 Å². The van der Waals surface area contributed by atoms with Gasteiger partial charge in [-0.25, -0.2) is 4.79 Å². The highest BCUT2D eigenvalue weighted by atomic mass is 19.4. The molecule has 0 aromatic heterocycles. The van der Waals surface area contributed by atoms with E-state index in [0.29, 0.717) is 30.4 Å². The van der Waals surface area contributed by atoms with Crippen molar-refractivity contribution in [2.75, 3.05) is 23.9 Å². The van der Waals surface area contributed by atoms with Gasteiger partial charge in [-0.05, 0) is 56.4 Å². The lowest BCUT2D eigenvalue weighted by atomic mass is 9.91. The lowest BCUT2D eigenvalue weighted by Crippen LogP contribution is -2.45. The average molecular weight is 521 g/mol. The van der Waals surface area contributed by atoms with Gasteiger partial charge in [0.1, 0.15) is 11.9 Å². The number of hydrogen-bond acceptors (Lipinski definition) is 6. The number of fused-ring (bicyclic) bond motifs is 1. The van der Waals surface area contributed by atoms with Crippen LogP contribution >= 0.6 is 0 Å². The molecule has 1 fully saturated rings. The molecule has 0 spiro atoms. The van der Waals surface area contributed by atoms with E-state index in [-0.39, 0.29) is 30.1 Å². The minimum absolute atomic E-state index is 0.00347. The number of rotatable bonds is 8. The molecule has 1 unspecified atom stereocenters. The van der Waals surface area contributed by atoms with Crippen LogP contribution in [0.25, 0.3) is 0 Å². The first kappa shape index (κ1) is 26.6. The highest BCUT2D eigenvalue weighted by Gasteiger charge is 2.51. The molecule has 10 heteroatoms. The fourth-order valence-electron chi connectivity index (χ4n) is 4.47. The number of alkyl halides is 3. The molecule has 1 aliphatic carbocycles. The molecule has 200 valence electrons. The highest BCUT2D eigenvalue weighted by molar-refractivity contribution is 5.86. The van der Waals surface area contributed by atoms with Crippen LogP contribution in [-0.4, -0.2) is 43.6 Å². The maximum absolute atomic E-state index is 13.1. The van der Waals surface area contributed by atoms with E-state index in [1.807, 2.05) is 30.3 Å². The van der Waals surface area contributed by atoms with E-state index >= 15 is 0 Å². The minimum atomic E-state index is -4.71. The third-order valence-corrected chi connectivity index (χ3v) is 6.81. The number of nitrogens with one attached hydrogen (secondary N) is 1. The van der Waals surface area contributed by atoms with E-state index in [1.54, 1.807) is 18.2 Å². The maximum atomic E-state index is 13.1. The van der Waals surface area contributed by atoms with E-state index in [9.17, 15) is 22.8 Å². The molecule has 1 aliphatic heterocycles. The van der Waals surface area contributed by atoms with Crippen LogP contribution in [0, 0.1) is 11.8 Å². The van der Waals surface area contributed by atoms with Gasteiger partial charge in [-0.15, -0.1) is 0 Å². The largest absolute Gasteiger partial charge is 0.486 e. The van der Waals surface area contributed by atoms with Crippen molar-refractivity contribution in [3.05, 3.63) is 54.1 Å². The van der Waals surface area contributed by atoms with Gasteiger partial charge in [-0.3, -0.25) is 10.1 Å². The first-order valence-electron chi connectivity index (χ1n) is 12.2. The van der Waals surface area contributed by atoms with E-state index in [0.717, 1.165) is 32.3 Å². The molecular weight excluding hydrogens is 489 g/mol. The zero-order chi connectivity index (χ0) is 26.8. The maximum Gasteiger partial charge on any atom is 0.427 e. The molecule has 0 radical (unpaired) electrons. The van der Waals surface area contributed by atoms with Gasteiger partial charge in [0.25, 0.3) is 0 Å². The van der Waals surface area contributed by atoms with Gasteiger partial charge in [0, 0.05) is 18.2 Å². The average Bonchev–Trinajstić information content (AvgIpc) is 3.67. The Kier molecular flexibility index (Phi) is 7.57. The lowest BCUT2D eigenvalue weighted by Gasteiger charge is -2.40. The molecule has 0 saturated heterocycles. The van der Waals surface area contributed by atoms with Crippen LogP contribution in [0.4, 0.5) is 29.3 Å². The second kappa shape index (κ2) is 10.5. The van der Waals surface area contributed by atoms with Crippen molar-refractivity contribution >= 4 is 23.4 Å². The predicted octanol–water partition coefficient (Wildman–Crippen LogP) is 5.93. The van der Waals surface area contributed by atoms with Crippen LogP contribution in [0.15, 0.2) is 48.5 Å². The molecule has 1 saturated carbocycles. The fourth-order valence-corrected chi connectivity index (χ4v) is 4.47. The molecule has 4 rings (SSSR count). The molecule has 7 nitrogen and oxygen atoms in total. The summed E-state index contributed by atoms with van der Waals surface area (Å²) >= 11 is 0. The van der Waals surface area contributed by atoms with Crippen molar-refractivity contribution in [3.8, 4) is 5.75 Å². The number of amides is 1. The Morgan fingerprint density at radius 2 is 1.84 bits per heavy atom. The molecule has 1 N–H and O–H groups in total. The topological polar surface area (TPSA) is 77.1 Å². The van der Waals surface area contributed by atoms with Crippen LogP contribution in [0.5, 0.6) is 5.75 Å². The van der Waals surface area contributed by atoms with Crippen molar-refractivity contribution in [3.63, 3.8) is 0 Å². The van der Waals surface area contributed by atoms with Gasteiger partial charge < -0.3 is 19.1 Å². The van der Waals surface area contributed by atoms with Gasteiger partial charge in [-0.1, -0.05) is 30.3 Å². The van der Waals surface area contributed by atoms with E-state index in [4.69, 9.17) is 9.47 Å². The summed E-state index contributed by atoms with van der Waals surface area (Å²) in [5.41, 5.74) is -0.635. The Morgan fingerprint density at radius 3 is 2.46 bits per heavy atom. The second-order valence-electron chi connectivity index (χ2n) is 10.0. The summed E-state index contributed by atoms with van der Waals surface area (Å²) in [6, 6.07) is 14.7. The van der Waals surface area contributed by atoms with E-state index < -0.39 is 17.9 Å². The number of halogens is 3. The smallest absolute Gasteiger partial charge is 0.427 e. The molecule has 0 bridgehead atoms. The summed E-state index contributed by atoms with van der Waals surface area (Å²) in [5.74, 6) is 0.672. The molecule has 2 aromatic carbocycles. The van der Waals surface area contributed by atoms with Crippen molar-refractivity contribution in [1.82, 2.24) is 0 Å². The summed E-state index contributed by atoms with van der Waals surface area (Å²) in [6.45, 7) is 2.62. The van der Waals surface area contributed by atoms with E-state index in [2.05, 4.69) is 15.0 Å². The quantitative estimate of drug-likeness (QED) is 0.435. The van der Waals surface area contributed by atoms with Crippen molar-refractivity contribution in [2.24, 2.45) is 11.8 Å². The van der Waals surface area contributed by atoms with Gasteiger partial charge in [0.15, 0.2) is 0 Å². The number of carbonyl (C=O) groups is 2. The Labute approximate surface area is 213 Å². The SMILES string of the molecule is COC(=O)CC(C1CC1)[C@H]1CN(Cc2ccccc2)c2cc(NC(=O)OC(C)(C)C(F)(F)F)ccc2O1. The second-order valence-corrected chi connectivity index (χ2v) is 10.0. The number of anilines is 2. The van der Waals surface area contributed by atoms with Crippen molar-refractivity contribution in [2.45, 2.75) is 57.5 Å². The summed E-state index contributed by atoms with van der Waals surface area (Å²) in [5, 5.41) is 2.40. The Morgan fingerprint density at radius 1 is 1.14 bits per heavy atom. The lowest BCUT2D eigenvalue weighted by molar-refractivity contribution is -0.242. The number of benzene rings is 2. The molecule has 1 amide bonds. The first-order chi connectivity index (χ1) is 17.5. The highest BCUT2D eigenvalue weighted by Crippen LogP contribution is 2.45. The fraction of sp³-hybridized carbons (Fsp3) is 0.481. The predicted molar refractivity (Wildman–Crippen MR) is 131 cm³/mol. The van der Waals surface area contributed by atoms with Crippen LogP contribution in [0.1, 0.15) is 38.7 Å². The Hall–Kier alpha value is -3.43. The summed E-state index contributed by atoms with van der Waals surface area (Å²) in [6.07, 6.45) is -3.84. The summed E-state index contributed by atoms with van der Waals surface area (Å²) in [4.78, 5) is 26.5. The minimum Gasteiger partial charge on any atom is -0.486 e. The summed E-state index contributed by atoms with van der Waals surface area (Å²) < 4.78 is 55.3. The first-order valence-corrected chi connectivity index (χ1v) is 12.2. The third kappa shape index (κ3) is 6.47.